The van der Waals surface area contributed by atoms with Crippen molar-refractivity contribution >= 4 is 11.7 Å². The normalized spacial score (nSPS) is 18.6. The predicted molar refractivity (Wildman–Crippen MR) is 66.6 cm³/mol. The summed E-state index contributed by atoms with van der Waals surface area (Å²) in [6, 6.07) is 4.85. The average molecular weight is 251 g/mol. The van der Waals surface area contributed by atoms with Crippen LogP contribution < -0.4 is 10.5 Å². The molecule has 0 saturated carbocycles. The Labute approximate surface area is 106 Å². The van der Waals surface area contributed by atoms with Gasteiger partial charge >= 0.3 is 5.97 Å². The lowest BCUT2D eigenvalue weighted by atomic mass is 10.1. The molecule has 98 valence electrons. The molecule has 18 heavy (non-hydrogen) atoms. The highest BCUT2D eigenvalue weighted by Crippen LogP contribution is 2.20. The molecule has 0 aliphatic carbocycles. The molecule has 1 aliphatic rings. The van der Waals surface area contributed by atoms with Crippen LogP contribution in [0.1, 0.15) is 16.8 Å². The Morgan fingerprint density at radius 1 is 1.50 bits per heavy atom. The van der Waals surface area contributed by atoms with E-state index >= 15 is 0 Å². The van der Waals surface area contributed by atoms with E-state index in [4.69, 9.17) is 19.9 Å². The van der Waals surface area contributed by atoms with E-state index in [1.54, 1.807) is 18.2 Å². The monoisotopic (exact) mass is 251 g/mol. The molecule has 0 amide bonds. The van der Waals surface area contributed by atoms with Crippen LogP contribution in [0.5, 0.6) is 5.75 Å². The lowest BCUT2D eigenvalue weighted by molar-refractivity contribution is 0.0428. The largest absolute Gasteiger partial charge is 0.497 e. The number of nitrogen functional groups attached to an aromatic ring is 1. The number of benzene rings is 1. The van der Waals surface area contributed by atoms with Crippen molar-refractivity contribution in [3.05, 3.63) is 23.8 Å². The van der Waals surface area contributed by atoms with Gasteiger partial charge in [0, 0.05) is 24.3 Å². The third-order valence-electron chi connectivity index (χ3n) is 2.87. The standard InChI is InChI=1S/C13H17NO4/c1-16-12-5-10(4-11(14)6-12)13(15)18-8-9-2-3-17-7-9/h4-6,9H,2-3,7-8,14H2,1H3. The van der Waals surface area contributed by atoms with Gasteiger partial charge in [-0.1, -0.05) is 0 Å². The minimum Gasteiger partial charge on any atom is -0.497 e. The van der Waals surface area contributed by atoms with E-state index in [0.29, 0.717) is 36.1 Å². The summed E-state index contributed by atoms with van der Waals surface area (Å²) in [5.41, 5.74) is 6.57. The number of methoxy groups -OCH3 is 1. The minimum atomic E-state index is -0.382. The molecule has 2 rings (SSSR count). The highest BCUT2D eigenvalue weighted by Gasteiger charge is 2.18. The van der Waals surface area contributed by atoms with Crippen LogP contribution in [0.3, 0.4) is 0 Å². The maximum atomic E-state index is 11.8. The summed E-state index contributed by atoms with van der Waals surface area (Å²) in [6.07, 6.45) is 0.938. The SMILES string of the molecule is COc1cc(N)cc(C(=O)OCC2CCOC2)c1. The van der Waals surface area contributed by atoms with Gasteiger partial charge in [-0.15, -0.1) is 0 Å². The highest BCUT2D eigenvalue weighted by atomic mass is 16.5. The van der Waals surface area contributed by atoms with Gasteiger partial charge in [0.1, 0.15) is 5.75 Å². The van der Waals surface area contributed by atoms with Gasteiger partial charge in [0.2, 0.25) is 0 Å². The number of ether oxygens (including phenoxy) is 3. The molecule has 5 nitrogen and oxygen atoms in total. The van der Waals surface area contributed by atoms with Crippen LogP contribution in [0.25, 0.3) is 0 Å². The second-order valence-corrected chi connectivity index (χ2v) is 4.32. The Bertz CT molecular complexity index is 427. The molecular formula is C13H17NO4. The number of nitrogens with two attached hydrogens (primary N) is 1. The van der Waals surface area contributed by atoms with Gasteiger partial charge in [-0.2, -0.15) is 0 Å². The Kier molecular flexibility index (Phi) is 4.04. The van der Waals surface area contributed by atoms with Crippen LogP contribution in [0.2, 0.25) is 0 Å². The zero-order chi connectivity index (χ0) is 13.0. The highest BCUT2D eigenvalue weighted by molar-refractivity contribution is 5.91. The number of esters is 1. The molecular weight excluding hydrogens is 234 g/mol. The average Bonchev–Trinajstić information content (AvgIpc) is 2.88. The number of anilines is 1. The van der Waals surface area contributed by atoms with Crippen LogP contribution >= 0.6 is 0 Å². The lowest BCUT2D eigenvalue weighted by Gasteiger charge is -2.10. The van der Waals surface area contributed by atoms with Crippen molar-refractivity contribution in [1.82, 2.24) is 0 Å². The van der Waals surface area contributed by atoms with Crippen molar-refractivity contribution in [3.63, 3.8) is 0 Å². The number of hydrogen-bond acceptors (Lipinski definition) is 5. The minimum absolute atomic E-state index is 0.303. The second kappa shape index (κ2) is 5.73. The van der Waals surface area contributed by atoms with E-state index in [2.05, 4.69) is 0 Å². The summed E-state index contributed by atoms with van der Waals surface area (Å²) >= 11 is 0. The molecule has 2 N–H and O–H groups in total. The number of carbonyl (C=O) groups excluding carboxylic acids is 1. The molecule has 1 fully saturated rings. The summed E-state index contributed by atoms with van der Waals surface area (Å²) in [4.78, 5) is 11.8. The molecule has 0 bridgehead atoms. The summed E-state index contributed by atoms with van der Waals surface area (Å²) in [5, 5.41) is 0. The zero-order valence-corrected chi connectivity index (χ0v) is 10.3. The Hall–Kier alpha value is -1.75. The van der Waals surface area contributed by atoms with Crippen LogP contribution in [-0.4, -0.2) is 32.9 Å². The molecule has 5 heteroatoms. The van der Waals surface area contributed by atoms with Gasteiger partial charge in [-0.05, 0) is 18.6 Å². The summed E-state index contributed by atoms with van der Waals surface area (Å²) in [6.45, 7) is 1.79. The molecule has 1 unspecified atom stereocenters. The van der Waals surface area contributed by atoms with Gasteiger partial charge in [0.15, 0.2) is 0 Å². The van der Waals surface area contributed by atoms with Crippen LogP contribution in [0, 0.1) is 5.92 Å². The quantitative estimate of drug-likeness (QED) is 0.648. The first-order valence-electron chi connectivity index (χ1n) is 5.88. The number of carbonyl (C=O) groups is 1. The molecule has 1 saturated heterocycles. The molecule has 0 radical (unpaired) electrons. The molecule has 1 atom stereocenters. The van der Waals surface area contributed by atoms with E-state index in [-0.39, 0.29) is 5.97 Å². The maximum Gasteiger partial charge on any atom is 0.338 e. The van der Waals surface area contributed by atoms with E-state index in [0.717, 1.165) is 13.0 Å². The number of rotatable bonds is 4. The van der Waals surface area contributed by atoms with Crippen LogP contribution in [-0.2, 0) is 9.47 Å². The fourth-order valence-corrected chi connectivity index (χ4v) is 1.85. The van der Waals surface area contributed by atoms with Gasteiger partial charge in [0.25, 0.3) is 0 Å². The van der Waals surface area contributed by atoms with Crippen molar-refractivity contribution in [3.8, 4) is 5.75 Å². The van der Waals surface area contributed by atoms with Gasteiger partial charge in [-0.3, -0.25) is 0 Å². The Balaban J connectivity index is 1.97. The summed E-state index contributed by atoms with van der Waals surface area (Å²) in [7, 11) is 1.53. The van der Waals surface area contributed by atoms with Gasteiger partial charge in [0.05, 0.1) is 25.9 Å². The van der Waals surface area contributed by atoms with Gasteiger partial charge < -0.3 is 19.9 Å². The lowest BCUT2D eigenvalue weighted by Crippen LogP contribution is -2.14. The second-order valence-electron chi connectivity index (χ2n) is 4.32. The predicted octanol–water partition coefficient (Wildman–Crippen LogP) is 1.47. The van der Waals surface area contributed by atoms with Gasteiger partial charge in [-0.25, -0.2) is 4.79 Å². The third kappa shape index (κ3) is 3.13. The summed E-state index contributed by atoms with van der Waals surface area (Å²) < 4.78 is 15.5. The molecule has 1 aliphatic heterocycles. The van der Waals surface area contributed by atoms with Crippen molar-refractivity contribution in [2.45, 2.75) is 6.42 Å². The molecule has 0 spiro atoms. The fourth-order valence-electron chi connectivity index (χ4n) is 1.85. The molecule has 1 heterocycles. The van der Waals surface area contributed by atoms with E-state index in [1.807, 2.05) is 0 Å². The van der Waals surface area contributed by atoms with E-state index in [1.165, 1.54) is 7.11 Å². The van der Waals surface area contributed by atoms with Crippen molar-refractivity contribution < 1.29 is 19.0 Å². The van der Waals surface area contributed by atoms with Crippen molar-refractivity contribution in [2.24, 2.45) is 5.92 Å². The van der Waals surface area contributed by atoms with E-state index in [9.17, 15) is 4.79 Å². The van der Waals surface area contributed by atoms with Crippen LogP contribution in [0.15, 0.2) is 18.2 Å². The zero-order valence-electron chi connectivity index (χ0n) is 10.3. The first-order chi connectivity index (χ1) is 8.69. The fraction of sp³-hybridized carbons (Fsp3) is 0.462. The van der Waals surface area contributed by atoms with Crippen LogP contribution in [0.4, 0.5) is 5.69 Å². The smallest absolute Gasteiger partial charge is 0.338 e. The topological polar surface area (TPSA) is 70.8 Å². The van der Waals surface area contributed by atoms with E-state index < -0.39 is 0 Å². The Morgan fingerprint density at radius 2 is 2.33 bits per heavy atom. The first-order valence-corrected chi connectivity index (χ1v) is 5.88. The molecule has 1 aromatic carbocycles. The summed E-state index contributed by atoms with van der Waals surface area (Å²) in [5.74, 6) is 0.468. The number of hydrogen-bond donors (Lipinski definition) is 1. The maximum absolute atomic E-state index is 11.8. The third-order valence-corrected chi connectivity index (χ3v) is 2.87. The first kappa shape index (κ1) is 12.7. The Morgan fingerprint density at radius 3 is 3.00 bits per heavy atom. The van der Waals surface area contributed by atoms with Crippen molar-refractivity contribution in [2.75, 3.05) is 32.7 Å². The molecule has 0 aromatic heterocycles. The molecule has 1 aromatic rings. The van der Waals surface area contributed by atoms with Crippen molar-refractivity contribution in [1.29, 1.82) is 0 Å².